The first-order chi connectivity index (χ1) is 20.3. The third-order valence-electron chi connectivity index (χ3n) is 7.59. The fraction of sp³-hybridized carbons (Fsp3) is 0.481. The van der Waals surface area contributed by atoms with Crippen LogP contribution in [0.2, 0.25) is 0 Å². The van der Waals surface area contributed by atoms with E-state index in [0.29, 0.717) is 51.9 Å². The van der Waals surface area contributed by atoms with Gasteiger partial charge in [-0.25, -0.2) is 0 Å². The lowest BCUT2D eigenvalue weighted by atomic mass is 9.92. The van der Waals surface area contributed by atoms with Crippen molar-refractivity contribution in [2.75, 3.05) is 43.0 Å². The van der Waals surface area contributed by atoms with Crippen molar-refractivity contribution in [1.29, 1.82) is 0 Å². The fourth-order valence-electron chi connectivity index (χ4n) is 5.28. The highest BCUT2D eigenvalue weighted by molar-refractivity contribution is 5.78. The van der Waals surface area contributed by atoms with Gasteiger partial charge in [0.05, 0.1) is 16.6 Å². The van der Waals surface area contributed by atoms with Crippen molar-refractivity contribution in [2.24, 2.45) is 0 Å². The molecular formula is C27H27F6N5O5. The van der Waals surface area contributed by atoms with Gasteiger partial charge in [-0.3, -0.25) is 14.9 Å². The van der Waals surface area contributed by atoms with E-state index < -0.39 is 34.1 Å². The van der Waals surface area contributed by atoms with Gasteiger partial charge in [0.2, 0.25) is 5.91 Å². The molecule has 2 aliphatic rings. The first-order valence-corrected chi connectivity index (χ1v) is 13.5. The molecule has 2 fully saturated rings. The standard InChI is InChI=1S/C27H27F6N5O5/c28-26(29,30)16-1-8-23-21(13-16)35-25(43-23)37-11-9-36(10-12-37)24(39)15-42-19-5-2-17(3-6-19)34-18-4-7-22(38(40)41)20(14-18)27(31,32)33/h1,4,7-8,13-14,17,19,34H,2-3,5-6,9-12,15H2. The second-order valence-electron chi connectivity index (χ2n) is 10.5. The topological polar surface area (TPSA) is 114 Å². The Morgan fingerprint density at radius 3 is 2.33 bits per heavy atom. The smallest absolute Gasteiger partial charge is 0.423 e. The van der Waals surface area contributed by atoms with E-state index in [1.54, 1.807) is 9.80 Å². The van der Waals surface area contributed by atoms with E-state index in [-0.39, 0.29) is 47.5 Å². The van der Waals surface area contributed by atoms with E-state index in [2.05, 4.69) is 10.3 Å². The summed E-state index contributed by atoms with van der Waals surface area (Å²) < 4.78 is 90.2. The number of hydrogen-bond acceptors (Lipinski definition) is 8. The summed E-state index contributed by atoms with van der Waals surface area (Å²) in [6, 6.07) is 5.96. The zero-order valence-electron chi connectivity index (χ0n) is 22.6. The lowest BCUT2D eigenvalue weighted by Gasteiger charge is -2.34. The number of aromatic nitrogens is 1. The van der Waals surface area contributed by atoms with E-state index in [1.807, 2.05) is 0 Å². The molecule has 1 amide bonds. The molecule has 16 heteroatoms. The minimum Gasteiger partial charge on any atom is -0.423 e. The summed E-state index contributed by atoms with van der Waals surface area (Å²) in [6.45, 7) is 1.31. The molecule has 1 aliphatic heterocycles. The van der Waals surface area contributed by atoms with Gasteiger partial charge in [-0.05, 0) is 56.0 Å². The van der Waals surface area contributed by atoms with Gasteiger partial charge in [-0.15, -0.1) is 0 Å². The molecule has 1 aliphatic carbocycles. The van der Waals surface area contributed by atoms with Gasteiger partial charge in [-0.2, -0.15) is 31.3 Å². The number of halogens is 6. The number of benzene rings is 2. The van der Waals surface area contributed by atoms with Crippen LogP contribution in [0.1, 0.15) is 36.8 Å². The Kier molecular flexibility index (Phi) is 8.40. The Morgan fingerprint density at radius 2 is 1.70 bits per heavy atom. The molecule has 0 unspecified atom stereocenters. The van der Waals surface area contributed by atoms with Crippen LogP contribution in [0.25, 0.3) is 11.1 Å². The minimum absolute atomic E-state index is 0.0976. The van der Waals surface area contributed by atoms with E-state index >= 15 is 0 Å². The van der Waals surface area contributed by atoms with Crippen LogP contribution in [0.4, 0.5) is 43.7 Å². The van der Waals surface area contributed by atoms with Crippen LogP contribution in [-0.2, 0) is 21.9 Å². The van der Waals surface area contributed by atoms with Gasteiger partial charge >= 0.3 is 12.4 Å². The number of alkyl halides is 6. The molecule has 1 saturated carbocycles. The Morgan fingerprint density at radius 1 is 1.00 bits per heavy atom. The molecule has 1 N–H and O–H groups in total. The van der Waals surface area contributed by atoms with Gasteiger partial charge in [0.15, 0.2) is 5.58 Å². The Bertz CT molecular complexity index is 1480. The number of ether oxygens (including phenoxy) is 1. The van der Waals surface area contributed by atoms with Crippen LogP contribution < -0.4 is 10.2 Å². The zero-order valence-corrected chi connectivity index (χ0v) is 22.6. The summed E-state index contributed by atoms with van der Waals surface area (Å²) in [5.41, 5.74) is -2.66. The molecule has 0 radical (unpaired) electrons. The van der Waals surface area contributed by atoms with Crippen LogP contribution in [0, 0.1) is 10.1 Å². The lowest BCUT2D eigenvalue weighted by molar-refractivity contribution is -0.388. The summed E-state index contributed by atoms with van der Waals surface area (Å²) in [7, 11) is 0. The molecule has 2 aromatic carbocycles. The monoisotopic (exact) mass is 615 g/mol. The maximum Gasteiger partial charge on any atom is 0.423 e. The van der Waals surface area contributed by atoms with Crippen LogP contribution >= 0.6 is 0 Å². The van der Waals surface area contributed by atoms with E-state index in [9.17, 15) is 41.3 Å². The third-order valence-corrected chi connectivity index (χ3v) is 7.59. The van der Waals surface area contributed by atoms with E-state index in [0.717, 1.165) is 24.3 Å². The van der Waals surface area contributed by atoms with Crippen LogP contribution in [0.3, 0.4) is 0 Å². The summed E-state index contributed by atoms with van der Waals surface area (Å²) in [5, 5.41) is 14.0. The van der Waals surface area contributed by atoms with Gasteiger partial charge in [0.25, 0.3) is 11.7 Å². The summed E-state index contributed by atoms with van der Waals surface area (Å²) in [5.74, 6) is -0.210. The van der Waals surface area contributed by atoms with Crippen LogP contribution in [-0.4, -0.2) is 65.6 Å². The number of piperazine rings is 1. The highest BCUT2D eigenvalue weighted by Gasteiger charge is 2.39. The number of amides is 1. The number of oxazole rings is 1. The molecule has 0 bridgehead atoms. The molecule has 43 heavy (non-hydrogen) atoms. The van der Waals surface area contributed by atoms with Gasteiger partial charge in [-0.1, -0.05) is 0 Å². The summed E-state index contributed by atoms with van der Waals surface area (Å²) >= 11 is 0. The average molecular weight is 616 g/mol. The number of nitrogens with zero attached hydrogens (tertiary/aromatic N) is 4. The number of carbonyl (C=O) groups excluding carboxylic acids is 1. The highest BCUT2D eigenvalue weighted by atomic mass is 19.4. The normalized spacial score (nSPS) is 20.0. The molecule has 0 atom stereocenters. The predicted molar refractivity (Wildman–Crippen MR) is 142 cm³/mol. The number of nitro groups is 1. The Labute approximate surface area is 240 Å². The quantitative estimate of drug-likeness (QED) is 0.200. The van der Waals surface area contributed by atoms with Crippen LogP contribution in [0.15, 0.2) is 40.8 Å². The molecule has 1 saturated heterocycles. The van der Waals surface area contributed by atoms with Crippen molar-refractivity contribution >= 4 is 34.4 Å². The van der Waals surface area contributed by atoms with Gasteiger partial charge < -0.3 is 24.3 Å². The van der Waals surface area contributed by atoms with Crippen molar-refractivity contribution in [3.63, 3.8) is 0 Å². The molecule has 232 valence electrons. The maximum absolute atomic E-state index is 13.3. The van der Waals surface area contributed by atoms with Crippen molar-refractivity contribution < 1.29 is 45.2 Å². The van der Waals surface area contributed by atoms with Crippen molar-refractivity contribution in [3.8, 4) is 0 Å². The van der Waals surface area contributed by atoms with Gasteiger partial charge in [0, 0.05) is 44.0 Å². The number of hydrogen-bond donors (Lipinski definition) is 1. The first kappa shape index (κ1) is 30.4. The molecule has 0 spiro atoms. The Hall–Kier alpha value is -4.08. The number of nitrogens with one attached hydrogen (secondary N) is 1. The Balaban J connectivity index is 1.06. The molecular weight excluding hydrogens is 588 g/mol. The molecule has 10 nitrogen and oxygen atoms in total. The number of fused-ring (bicyclic) bond motifs is 1. The predicted octanol–water partition coefficient (Wildman–Crippen LogP) is 5.86. The lowest BCUT2D eigenvalue weighted by Crippen LogP contribution is -2.50. The highest BCUT2D eigenvalue weighted by Crippen LogP contribution is 2.38. The molecule has 3 aromatic rings. The largest absolute Gasteiger partial charge is 0.423 e. The van der Waals surface area contributed by atoms with E-state index in [4.69, 9.17) is 9.15 Å². The average Bonchev–Trinajstić information content (AvgIpc) is 3.39. The molecule has 1 aromatic heterocycles. The van der Waals surface area contributed by atoms with E-state index in [1.165, 1.54) is 12.1 Å². The fourth-order valence-corrected chi connectivity index (χ4v) is 5.28. The van der Waals surface area contributed by atoms with Crippen molar-refractivity contribution in [2.45, 2.75) is 50.2 Å². The molecule has 2 heterocycles. The molecule has 5 rings (SSSR count). The third kappa shape index (κ3) is 7.12. The van der Waals surface area contributed by atoms with Crippen LogP contribution in [0.5, 0.6) is 0 Å². The second kappa shape index (κ2) is 11.9. The van der Waals surface area contributed by atoms with Gasteiger partial charge in [0.1, 0.15) is 17.7 Å². The zero-order chi connectivity index (χ0) is 30.9. The summed E-state index contributed by atoms with van der Waals surface area (Å²) in [4.78, 5) is 30.2. The van der Waals surface area contributed by atoms with Crippen molar-refractivity contribution in [1.82, 2.24) is 9.88 Å². The van der Waals surface area contributed by atoms with Crippen molar-refractivity contribution in [3.05, 3.63) is 57.6 Å². The SMILES string of the molecule is O=C(COC1CCC(Nc2ccc([N+](=O)[O-])c(C(F)(F)F)c2)CC1)N1CCN(c2nc3cc(C(F)(F)F)ccc3o2)CC1. The number of anilines is 2. The maximum atomic E-state index is 13.3. The minimum atomic E-state index is -4.86. The second-order valence-corrected chi connectivity index (χ2v) is 10.5. The number of carbonyl (C=O) groups is 1. The number of rotatable bonds is 7. The number of nitro benzene ring substituents is 1. The summed E-state index contributed by atoms with van der Waals surface area (Å²) in [6.07, 6.45) is -7.25. The first-order valence-electron chi connectivity index (χ1n) is 13.5.